The van der Waals surface area contributed by atoms with Gasteiger partial charge in [-0.05, 0) is 24.6 Å². The third kappa shape index (κ3) is 1.89. The summed E-state index contributed by atoms with van der Waals surface area (Å²) in [5.74, 6) is -0.0988. The molecule has 0 fully saturated rings. The normalized spacial score (nSPS) is 9.92. The highest BCUT2D eigenvalue weighted by Gasteiger charge is 2.06. The van der Waals surface area contributed by atoms with Crippen LogP contribution in [-0.2, 0) is 0 Å². The zero-order valence-electron chi connectivity index (χ0n) is 6.27. The van der Waals surface area contributed by atoms with Crippen LogP contribution in [-0.4, -0.2) is 9.97 Å². The molecule has 0 spiro atoms. The lowest BCUT2D eigenvalue weighted by atomic mass is 10.1. The molecule has 1 aromatic carbocycles. The fourth-order valence-electron chi connectivity index (χ4n) is 0.769. The zero-order valence-corrected chi connectivity index (χ0v) is 8.59. The summed E-state index contributed by atoms with van der Waals surface area (Å²) in [7, 11) is 0. The average Bonchev–Trinajstić information content (AvgIpc) is 1.99. The maximum Gasteiger partial charge on any atom is 0.152 e. The van der Waals surface area contributed by atoms with E-state index in [1.165, 1.54) is 0 Å². The van der Waals surface area contributed by atoms with Crippen LogP contribution in [0.3, 0.4) is 0 Å². The number of phenolic OH excluding ortho intramolecular Hbond substituents is 1. The third-order valence-electron chi connectivity index (χ3n) is 1.42. The number of thiocarbonyl (C=S) groups is 1. The lowest BCUT2D eigenvalue weighted by Crippen LogP contribution is -1.89. The van der Waals surface area contributed by atoms with Crippen molar-refractivity contribution in [1.29, 1.82) is 0 Å². The van der Waals surface area contributed by atoms with E-state index >= 15 is 0 Å². The van der Waals surface area contributed by atoms with E-state index in [2.05, 4.69) is 0 Å². The predicted octanol–water partition coefficient (Wildman–Crippen LogP) is 3.44. The molecule has 0 amide bonds. The molecular weight excluding hydrogens is 215 g/mol. The Balaban J connectivity index is 3.31. The average molecular weight is 221 g/mol. The Hall–Kier alpha value is -0.310. The van der Waals surface area contributed by atoms with E-state index in [1.54, 1.807) is 19.1 Å². The summed E-state index contributed by atoms with van der Waals surface area (Å²) in [6, 6.07) is 3.18. The molecule has 0 saturated carbocycles. The third-order valence-corrected chi connectivity index (χ3v) is 2.24. The minimum Gasteiger partial charge on any atom is -0.505 e. The predicted molar refractivity (Wildman–Crippen MR) is 55.5 cm³/mol. The number of rotatable bonds is 1. The molecule has 1 N–H and O–H groups in total. The molecule has 0 saturated heterocycles. The van der Waals surface area contributed by atoms with Crippen LogP contribution < -0.4 is 0 Å². The zero-order chi connectivity index (χ0) is 9.30. The number of benzene rings is 1. The van der Waals surface area contributed by atoms with Gasteiger partial charge in [-0.1, -0.05) is 35.4 Å². The summed E-state index contributed by atoms with van der Waals surface area (Å²) in [4.78, 5) is 0.693. The van der Waals surface area contributed by atoms with Crippen molar-refractivity contribution in [2.45, 2.75) is 6.92 Å². The quantitative estimate of drug-likeness (QED) is 0.579. The van der Waals surface area contributed by atoms with Gasteiger partial charge in [0.05, 0.1) is 10.0 Å². The Labute approximate surface area is 85.9 Å². The Morgan fingerprint density at radius 3 is 2.08 bits per heavy atom. The summed E-state index contributed by atoms with van der Waals surface area (Å²) >= 11 is 16.3. The topological polar surface area (TPSA) is 20.2 Å². The summed E-state index contributed by atoms with van der Waals surface area (Å²) in [6.45, 7) is 1.77. The molecule has 0 heterocycles. The van der Waals surface area contributed by atoms with Gasteiger partial charge in [0.1, 0.15) is 0 Å². The van der Waals surface area contributed by atoms with Crippen LogP contribution in [0.15, 0.2) is 12.1 Å². The fraction of sp³-hybridized carbons (Fsp3) is 0.125. The van der Waals surface area contributed by atoms with Crippen LogP contribution in [0.5, 0.6) is 5.75 Å². The molecule has 1 aromatic rings. The van der Waals surface area contributed by atoms with Gasteiger partial charge in [-0.2, -0.15) is 0 Å². The molecule has 0 bridgehead atoms. The Kier molecular flexibility index (Phi) is 2.94. The van der Waals surface area contributed by atoms with E-state index in [-0.39, 0.29) is 15.8 Å². The van der Waals surface area contributed by atoms with E-state index in [1.807, 2.05) is 0 Å². The standard InChI is InChI=1S/C8H6Cl2OS/c1-4(12)5-2-6(9)8(11)7(10)3-5/h2-3,11H,1H3. The van der Waals surface area contributed by atoms with E-state index < -0.39 is 0 Å². The van der Waals surface area contributed by atoms with Gasteiger partial charge < -0.3 is 5.11 Å². The van der Waals surface area contributed by atoms with E-state index in [0.717, 1.165) is 5.56 Å². The Morgan fingerprint density at radius 1 is 1.33 bits per heavy atom. The van der Waals surface area contributed by atoms with Crippen LogP contribution in [0.2, 0.25) is 10.0 Å². The van der Waals surface area contributed by atoms with Crippen molar-refractivity contribution >= 4 is 40.3 Å². The number of phenols is 1. The maximum atomic E-state index is 9.21. The first-order chi connectivity index (χ1) is 5.52. The minimum atomic E-state index is -0.0988. The van der Waals surface area contributed by atoms with Crippen LogP contribution >= 0.6 is 35.4 Å². The molecule has 64 valence electrons. The Bertz CT molecular complexity index is 313. The second-order valence-corrected chi connectivity index (χ2v) is 3.77. The molecule has 0 aliphatic carbocycles. The van der Waals surface area contributed by atoms with Crippen molar-refractivity contribution in [3.05, 3.63) is 27.7 Å². The highest BCUT2D eigenvalue weighted by molar-refractivity contribution is 7.80. The molecule has 4 heteroatoms. The molecule has 0 aromatic heterocycles. The van der Waals surface area contributed by atoms with Crippen LogP contribution in [0.25, 0.3) is 0 Å². The molecule has 0 unspecified atom stereocenters. The van der Waals surface area contributed by atoms with Gasteiger partial charge in [0.2, 0.25) is 0 Å². The van der Waals surface area contributed by atoms with Gasteiger partial charge in [0, 0.05) is 4.86 Å². The first-order valence-corrected chi connectivity index (χ1v) is 4.37. The fourth-order valence-corrected chi connectivity index (χ4v) is 1.37. The molecule has 1 rings (SSSR count). The largest absolute Gasteiger partial charge is 0.505 e. The molecule has 0 radical (unpaired) electrons. The van der Waals surface area contributed by atoms with Gasteiger partial charge in [0.25, 0.3) is 0 Å². The monoisotopic (exact) mass is 220 g/mol. The molecule has 0 aliphatic heterocycles. The van der Waals surface area contributed by atoms with Gasteiger partial charge in [-0.15, -0.1) is 0 Å². The van der Waals surface area contributed by atoms with Crippen molar-refractivity contribution < 1.29 is 5.11 Å². The molecular formula is C8H6Cl2OS. The number of aromatic hydroxyl groups is 1. The highest BCUT2D eigenvalue weighted by Crippen LogP contribution is 2.32. The van der Waals surface area contributed by atoms with Crippen LogP contribution in [0, 0.1) is 0 Å². The van der Waals surface area contributed by atoms with Crippen molar-refractivity contribution in [2.75, 3.05) is 0 Å². The lowest BCUT2D eigenvalue weighted by molar-refractivity contribution is 0.476. The second kappa shape index (κ2) is 3.60. The minimum absolute atomic E-state index is 0.0988. The highest BCUT2D eigenvalue weighted by atomic mass is 35.5. The van der Waals surface area contributed by atoms with E-state index in [4.69, 9.17) is 35.4 Å². The summed E-state index contributed by atoms with van der Waals surface area (Å²) in [6.07, 6.45) is 0. The second-order valence-electron chi connectivity index (χ2n) is 2.34. The van der Waals surface area contributed by atoms with Gasteiger partial charge in [0.15, 0.2) is 5.75 Å². The van der Waals surface area contributed by atoms with Gasteiger partial charge >= 0.3 is 0 Å². The maximum absolute atomic E-state index is 9.21. The van der Waals surface area contributed by atoms with Crippen molar-refractivity contribution in [1.82, 2.24) is 0 Å². The molecule has 0 atom stereocenters. The Morgan fingerprint density at radius 2 is 1.75 bits per heavy atom. The van der Waals surface area contributed by atoms with Gasteiger partial charge in [-0.3, -0.25) is 0 Å². The lowest BCUT2D eigenvalue weighted by Gasteiger charge is -2.03. The number of halogens is 2. The molecule has 1 nitrogen and oxygen atoms in total. The van der Waals surface area contributed by atoms with Gasteiger partial charge in [-0.25, -0.2) is 0 Å². The summed E-state index contributed by atoms with van der Waals surface area (Å²) in [5.41, 5.74) is 0.762. The van der Waals surface area contributed by atoms with Crippen molar-refractivity contribution in [3.63, 3.8) is 0 Å². The first kappa shape index (κ1) is 9.78. The molecule has 12 heavy (non-hydrogen) atoms. The molecule has 0 aliphatic rings. The number of hydrogen-bond acceptors (Lipinski definition) is 2. The van der Waals surface area contributed by atoms with E-state index in [9.17, 15) is 5.11 Å². The van der Waals surface area contributed by atoms with Crippen molar-refractivity contribution in [2.24, 2.45) is 0 Å². The SMILES string of the molecule is CC(=S)c1cc(Cl)c(O)c(Cl)c1. The summed E-state index contributed by atoms with van der Waals surface area (Å²) in [5, 5.41) is 9.65. The van der Waals surface area contributed by atoms with Crippen LogP contribution in [0.1, 0.15) is 12.5 Å². The van der Waals surface area contributed by atoms with E-state index in [0.29, 0.717) is 4.86 Å². The number of hydrogen-bond donors (Lipinski definition) is 1. The first-order valence-electron chi connectivity index (χ1n) is 3.21. The smallest absolute Gasteiger partial charge is 0.152 e. The summed E-state index contributed by atoms with van der Waals surface area (Å²) < 4.78 is 0. The van der Waals surface area contributed by atoms with Crippen molar-refractivity contribution in [3.8, 4) is 5.75 Å². The van der Waals surface area contributed by atoms with Crippen LogP contribution in [0.4, 0.5) is 0 Å².